The first-order valence-corrected chi connectivity index (χ1v) is 11.3. The van der Waals surface area contributed by atoms with Gasteiger partial charge in [0.05, 0.1) is 25.2 Å². The molecule has 0 unspecified atom stereocenters. The summed E-state index contributed by atoms with van der Waals surface area (Å²) in [5.74, 6) is 1.56. The number of nitrogens with zero attached hydrogens (tertiary/aromatic N) is 6. The van der Waals surface area contributed by atoms with Gasteiger partial charge in [0.25, 0.3) is 0 Å². The molecule has 32 heavy (non-hydrogen) atoms. The van der Waals surface area contributed by atoms with Crippen LogP contribution in [0.5, 0.6) is 5.75 Å². The molecule has 1 N–H and O–H groups in total. The third-order valence-electron chi connectivity index (χ3n) is 5.98. The lowest BCUT2D eigenvalue weighted by atomic mass is 9.95. The summed E-state index contributed by atoms with van der Waals surface area (Å²) in [7, 11) is 3.56. The van der Waals surface area contributed by atoms with Crippen LogP contribution in [0.15, 0.2) is 36.7 Å². The van der Waals surface area contributed by atoms with Crippen molar-refractivity contribution < 1.29 is 4.74 Å². The molecule has 0 bridgehead atoms. The smallest absolute Gasteiger partial charge is 0.226 e. The van der Waals surface area contributed by atoms with E-state index in [1.54, 1.807) is 11.8 Å². The highest BCUT2D eigenvalue weighted by atomic mass is 35.5. The molecule has 3 aromatic heterocycles. The van der Waals surface area contributed by atoms with Crippen molar-refractivity contribution in [2.45, 2.75) is 44.7 Å². The molecule has 0 atom stereocenters. The number of anilines is 1. The number of fused-ring (bicyclic) bond motifs is 1. The van der Waals surface area contributed by atoms with Crippen LogP contribution in [0.1, 0.15) is 37.7 Å². The van der Waals surface area contributed by atoms with Crippen LogP contribution < -0.4 is 10.1 Å². The average Bonchev–Trinajstić information content (AvgIpc) is 3.39. The highest BCUT2D eigenvalue weighted by Gasteiger charge is 2.23. The maximum atomic E-state index is 6.38. The molecule has 1 aliphatic rings. The van der Waals surface area contributed by atoms with Crippen LogP contribution in [0.4, 0.5) is 5.82 Å². The second-order valence-electron chi connectivity index (χ2n) is 8.28. The molecule has 8 nitrogen and oxygen atoms in total. The molecule has 4 aromatic rings. The quantitative estimate of drug-likeness (QED) is 0.428. The highest BCUT2D eigenvalue weighted by Crippen LogP contribution is 2.34. The molecule has 166 valence electrons. The van der Waals surface area contributed by atoms with Gasteiger partial charge in [0.1, 0.15) is 17.3 Å². The van der Waals surface area contributed by atoms with Crippen molar-refractivity contribution in [2.24, 2.45) is 7.05 Å². The van der Waals surface area contributed by atoms with Gasteiger partial charge in [0, 0.05) is 24.8 Å². The van der Waals surface area contributed by atoms with Crippen molar-refractivity contribution in [3.8, 4) is 17.0 Å². The standard InChI is InChI=1S/C23H26ClN7O/c1-30-14-16(12-25-30)20-19-21(26-17-6-4-3-5-7-17)27-23(24)28-22(19)31(29-20)13-15-8-10-18(32-2)11-9-15/h8-12,14,17H,3-7,13H2,1-2H3,(H,26,27,28). The lowest BCUT2D eigenvalue weighted by molar-refractivity contribution is 0.414. The van der Waals surface area contributed by atoms with E-state index in [2.05, 4.69) is 20.4 Å². The fourth-order valence-electron chi connectivity index (χ4n) is 4.35. The number of rotatable bonds is 6. The van der Waals surface area contributed by atoms with Gasteiger partial charge < -0.3 is 10.1 Å². The summed E-state index contributed by atoms with van der Waals surface area (Å²) in [6.45, 7) is 0.553. The number of halogens is 1. The summed E-state index contributed by atoms with van der Waals surface area (Å²) >= 11 is 6.38. The third-order valence-corrected chi connectivity index (χ3v) is 6.15. The Hall–Kier alpha value is -3.13. The Labute approximate surface area is 191 Å². The van der Waals surface area contributed by atoms with E-state index in [0.29, 0.717) is 18.2 Å². The SMILES string of the molecule is COc1ccc(Cn2nc(-c3cnn(C)c3)c3c(NC4CCCCC4)nc(Cl)nc32)cc1. The minimum Gasteiger partial charge on any atom is -0.497 e. The van der Waals surface area contributed by atoms with Gasteiger partial charge in [-0.2, -0.15) is 20.2 Å². The minimum atomic E-state index is 0.212. The molecule has 9 heteroatoms. The Morgan fingerprint density at radius 3 is 2.59 bits per heavy atom. The maximum absolute atomic E-state index is 6.38. The second kappa shape index (κ2) is 8.78. The molecule has 0 saturated heterocycles. The van der Waals surface area contributed by atoms with Gasteiger partial charge in [-0.25, -0.2) is 4.68 Å². The Balaban J connectivity index is 1.62. The summed E-state index contributed by atoms with van der Waals surface area (Å²) in [5.41, 5.74) is 3.52. The Kier molecular flexibility index (Phi) is 5.70. The van der Waals surface area contributed by atoms with E-state index in [-0.39, 0.29) is 5.28 Å². The van der Waals surface area contributed by atoms with Crippen LogP contribution >= 0.6 is 11.6 Å². The zero-order valence-corrected chi connectivity index (χ0v) is 19.0. The van der Waals surface area contributed by atoms with Gasteiger partial charge in [0.2, 0.25) is 5.28 Å². The number of hydrogen-bond acceptors (Lipinski definition) is 6. The molecule has 0 aliphatic heterocycles. The topological polar surface area (TPSA) is 82.7 Å². The van der Waals surface area contributed by atoms with Gasteiger partial charge >= 0.3 is 0 Å². The fourth-order valence-corrected chi connectivity index (χ4v) is 4.51. The number of aryl methyl sites for hydroxylation is 1. The van der Waals surface area contributed by atoms with Crippen LogP contribution in [0.2, 0.25) is 5.28 Å². The second-order valence-corrected chi connectivity index (χ2v) is 8.61. The van der Waals surface area contributed by atoms with Crippen LogP contribution in [0.3, 0.4) is 0 Å². The van der Waals surface area contributed by atoms with E-state index in [1.165, 1.54) is 19.3 Å². The van der Waals surface area contributed by atoms with Gasteiger partial charge in [-0.05, 0) is 42.1 Å². The van der Waals surface area contributed by atoms with Gasteiger partial charge in [0.15, 0.2) is 5.65 Å². The highest BCUT2D eigenvalue weighted by molar-refractivity contribution is 6.29. The zero-order chi connectivity index (χ0) is 22.1. The largest absolute Gasteiger partial charge is 0.497 e. The lowest BCUT2D eigenvalue weighted by Gasteiger charge is -2.23. The predicted molar refractivity (Wildman–Crippen MR) is 125 cm³/mol. The van der Waals surface area contributed by atoms with Crippen molar-refractivity contribution in [1.29, 1.82) is 0 Å². The fraction of sp³-hybridized carbons (Fsp3) is 0.391. The molecule has 1 aromatic carbocycles. The Morgan fingerprint density at radius 2 is 1.91 bits per heavy atom. The first kappa shape index (κ1) is 20.8. The summed E-state index contributed by atoms with van der Waals surface area (Å²) in [4.78, 5) is 9.15. The molecular weight excluding hydrogens is 426 g/mol. The molecule has 0 radical (unpaired) electrons. The first-order valence-electron chi connectivity index (χ1n) is 10.9. The van der Waals surface area contributed by atoms with Crippen LogP contribution in [0.25, 0.3) is 22.3 Å². The summed E-state index contributed by atoms with van der Waals surface area (Å²) in [6.07, 6.45) is 9.78. The van der Waals surface area contributed by atoms with E-state index in [0.717, 1.165) is 46.6 Å². The third kappa shape index (κ3) is 4.14. The van der Waals surface area contributed by atoms with Crippen LogP contribution in [-0.2, 0) is 13.6 Å². The Morgan fingerprint density at radius 1 is 1.12 bits per heavy atom. The molecule has 0 spiro atoms. The predicted octanol–water partition coefficient (Wildman–Crippen LogP) is 4.68. The first-order chi connectivity index (χ1) is 15.6. The number of hydrogen-bond donors (Lipinski definition) is 1. The molecule has 5 rings (SSSR count). The summed E-state index contributed by atoms with van der Waals surface area (Å²) in [5, 5.41) is 14.0. The van der Waals surface area contributed by atoms with E-state index in [1.807, 2.05) is 48.4 Å². The molecule has 3 heterocycles. The van der Waals surface area contributed by atoms with Crippen molar-refractivity contribution in [1.82, 2.24) is 29.5 Å². The number of methoxy groups -OCH3 is 1. The van der Waals surface area contributed by atoms with Crippen molar-refractivity contribution in [3.63, 3.8) is 0 Å². The van der Waals surface area contributed by atoms with Crippen LogP contribution in [-0.4, -0.2) is 42.7 Å². The van der Waals surface area contributed by atoms with Crippen molar-refractivity contribution >= 4 is 28.5 Å². The van der Waals surface area contributed by atoms with Crippen molar-refractivity contribution in [3.05, 3.63) is 47.5 Å². The normalized spacial score (nSPS) is 14.7. The Bertz CT molecular complexity index is 1230. The van der Waals surface area contributed by atoms with Gasteiger partial charge in [-0.3, -0.25) is 4.68 Å². The number of aromatic nitrogens is 6. The van der Waals surface area contributed by atoms with Crippen LogP contribution in [0, 0.1) is 0 Å². The van der Waals surface area contributed by atoms with E-state index in [4.69, 9.17) is 21.4 Å². The summed E-state index contributed by atoms with van der Waals surface area (Å²) < 4.78 is 8.94. The monoisotopic (exact) mass is 451 g/mol. The lowest BCUT2D eigenvalue weighted by Crippen LogP contribution is -2.23. The minimum absolute atomic E-state index is 0.212. The van der Waals surface area contributed by atoms with E-state index in [9.17, 15) is 0 Å². The zero-order valence-electron chi connectivity index (χ0n) is 18.3. The van der Waals surface area contributed by atoms with E-state index < -0.39 is 0 Å². The van der Waals surface area contributed by atoms with Gasteiger partial charge in [-0.1, -0.05) is 31.4 Å². The molecule has 1 fully saturated rings. The number of ether oxygens (including phenoxy) is 1. The molecule has 1 saturated carbocycles. The number of nitrogens with one attached hydrogen (secondary N) is 1. The number of benzene rings is 1. The van der Waals surface area contributed by atoms with Gasteiger partial charge in [-0.15, -0.1) is 0 Å². The van der Waals surface area contributed by atoms with E-state index >= 15 is 0 Å². The molecular formula is C23H26ClN7O. The molecule has 1 aliphatic carbocycles. The molecule has 0 amide bonds. The van der Waals surface area contributed by atoms with Crippen molar-refractivity contribution in [2.75, 3.05) is 12.4 Å². The maximum Gasteiger partial charge on any atom is 0.226 e. The summed E-state index contributed by atoms with van der Waals surface area (Å²) in [6, 6.07) is 8.33. The average molecular weight is 452 g/mol.